The molecule has 1 aliphatic carbocycles. The van der Waals surface area contributed by atoms with E-state index in [1.54, 1.807) is 0 Å². The van der Waals surface area contributed by atoms with E-state index in [9.17, 15) is 0 Å². The van der Waals surface area contributed by atoms with E-state index < -0.39 is 0 Å². The van der Waals surface area contributed by atoms with Crippen LogP contribution in [0.5, 0.6) is 0 Å². The fourth-order valence-corrected chi connectivity index (χ4v) is 3.41. The number of hydrogen-bond acceptors (Lipinski definition) is 2. The number of hydrogen-bond donors (Lipinski definition) is 1. The molecule has 3 rings (SSSR count). The van der Waals surface area contributed by atoms with Gasteiger partial charge in [-0.05, 0) is 35.8 Å². The third kappa shape index (κ3) is 2.19. The molecule has 2 nitrogen and oxygen atoms in total. The van der Waals surface area contributed by atoms with E-state index in [-0.39, 0.29) is 0 Å². The number of benzene rings is 1. The lowest BCUT2D eigenvalue weighted by Gasteiger charge is -2.34. The summed E-state index contributed by atoms with van der Waals surface area (Å²) in [4.78, 5) is 0. The first-order valence-corrected chi connectivity index (χ1v) is 7.08. The van der Waals surface area contributed by atoms with E-state index in [2.05, 4.69) is 43.4 Å². The zero-order valence-electron chi connectivity index (χ0n) is 11.4. The van der Waals surface area contributed by atoms with Gasteiger partial charge in [0.2, 0.25) is 0 Å². The molecule has 1 aliphatic heterocycles. The van der Waals surface area contributed by atoms with Crippen LogP contribution in [0, 0.1) is 5.41 Å². The molecule has 2 aliphatic rings. The summed E-state index contributed by atoms with van der Waals surface area (Å²) >= 11 is 0. The SMILES string of the molecule is CC1(C)Cc2ccccc2C1NC1CCOCC1. The van der Waals surface area contributed by atoms with Crippen molar-refractivity contribution >= 4 is 0 Å². The summed E-state index contributed by atoms with van der Waals surface area (Å²) in [6.07, 6.45) is 3.48. The normalized spacial score (nSPS) is 27.1. The average Bonchev–Trinajstić information content (AvgIpc) is 2.62. The fourth-order valence-electron chi connectivity index (χ4n) is 3.41. The molecule has 2 heteroatoms. The maximum absolute atomic E-state index is 5.45. The summed E-state index contributed by atoms with van der Waals surface area (Å²) in [6.45, 7) is 6.58. The summed E-state index contributed by atoms with van der Waals surface area (Å²) in [6, 6.07) is 10.0. The molecule has 0 radical (unpaired) electrons. The number of ether oxygens (including phenoxy) is 1. The van der Waals surface area contributed by atoms with Crippen LogP contribution in [0.2, 0.25) is 0 Å². The number of rotatable bonds is 2. The molecule has 1 N–H and O–H groups in total. The van der Waals surface area contributed by atoms with Crippen molar-refractivity contribution < 1.29 is 4.74 Å². The van der Waals surface area contributed by atoms with Crippen molar-refractivity contribution in [1.29, 1.82) is 0 Å². The Kier molecular flexibility index (Phi) is 3.16. The predicted molar refractivity (Wildman–Crippen MR) is 73.6 cm³/mol. The van der Waals surface area contributed by atoms with Crippen molar-refractivity contribution in [3.05, 3.63) is 35.4 Å². The Hall–Kier alpha value is -0.860. The fraction of sp³-hybridized carbons (Fsp3) is 0.625. The van der Waals surface area contributed by atoms with Gasteiger partial charge in [-0.1, -0.05) is 38.1 Å². The number of fused-ring (bicyclic) bond motifs is 1. The summed E-state index contributed by atoms with van der Waals surface area (Å²) in [5.41, 5.74) is 3.35. The second-order valence-corrected chi connectivity index (χ2v) is 6.35. The second-order valence-electron chi connectivity index (χ2n) is 6.35. The Labute approximate surface area is 110 Å². The average molecular weight is 245 g/mol. The summed E-state index contributed by atoms with van der Waals surface area (Å²) < 4.78 is 5.45. The lowest BCUT2D eigenvalue weighted by Crippen LogP contribution is -2.41. The van der Waals surface area contributed by atoms with E-state index in [0.717, 1.165) is 26.1 Å². The van der Waals surface area contributed by atoms with Gasteiger partial charge in [0.05, 0.1) is 0 Å². The molecule has 0 bridgehead atoms. The monoisotopic (exact) mass is 245 g/mol. The van der Waals surface area contributed by atoms with Crippen molar-refractivity contribution in [2.24, 2.45) is 5.41 Å². The third-order valence-corrected chi connectivity index (χ3v) is 4.42. The minimum atomic E-state index is 0.321. The smallest absolute Gasteiger partial charge is 0.0480 e. The van der Waals surface area contributed by atoms with E-state index in [4.69, 9.17) is 4.74 Å². The Bertz CT molecular complexity index is 421. The lowest BCUT2D eigenvalue weighted by molar-refractivity contribution is 0.0690. The molecule has 18 heavy (non-hydrogen) atoms. The van der Waals surface area contributed by atoms with Crippen LogP contribution < -0.4 is 5.32 Å². The van der Waals surface area contributed by atoms with Gasteiger partial charge in [-0.25, -0.2) is 0 Å². The van der Waals surface area contributed by atoms with Crippen LogP contribution in [0.4, 0.5) is 0 Å². The predicted octanol–water partition coefficient (Wildman–Crippen LogP) is 3.08. The largest absolute Gasteiger partial charge is 0.381 e. The molecule has 0 amide bonds. The first-order valence-electron chi connectivity index (χ1n) is 7.08. The number of nitrogens with one attached hydrogen (secondary N) is 1. The van der Waals surface area contributed by atoms with Gasteiger partial charge in [-0.2, -0.15) is 0 Å². The van der Waals surface area contributed by atoms with Crippen LogP contribution in [0.1, 0.15) is 43.9 Å². The maximum Gasteiger partial charge on any atom is 0.0480 e. The molecule has 1 aromatic rings. The Morgan fingerprint density at radius 2 is 1.89 bits per heavy atom. The van der Waals surface area contributed by atoms with Gasteiger partial charge >= 0.3 is 0 Å². The molecular weight excluding hydrogens is 222 g/mol. The zero-order chi connectivity index (χ0) is 12.6. The highest BCUT2D eigenvalue weighted by molar-refractivity contribution is 5.37. The highest BCUT2D eigenvalue weighted by Gasteiger charge is 2.39. The lowest BCUT2D eigenvalue weighted by atomic mass is 9.84. The molecule has 0 aromatic heterocycles. The summed E-state index contributed by atoms with van der Waals surface area (Å²) in [7, 11) is 0. The van der Waals surface area contributed by atoms with E-state index in [0.29, 0.717) is 17.5 Å². The molecule has 0 saturated carbocycles. The van der Waals surface area contributed by atoms with E-state index >= 15 is 0 Å². The standard InChI is InChI=1S/C16H23NO/c1-16(2)11-12-5-3-4-6-14(12)15(16)17-13-7-9-18-10-8-13/h3-6,13,15,17H,7-11H2,1-2H3. The van der Waals surface area contributed by atoms with Gasteiger partial charge in [0, 0.05) is 25.3 Å². The minimum Gasteiger partial charge on any atom is -0.381 e. The maximum atomic E-state index is 5.45. The van der Waals surface area contributed by atoms with E-state index in [1.165, 1.54) is 17.5 Å². The van der Waals surface area contributed by atoms with Gasteiger partial charge < -0.3 is 10.1 Å². The molecule has 1 heterocycles. The second kappa shape index (κ2) is 4.67. The highest BCUT2D eigenvalue weighted by Crippen LogP contribution is 2.45. The molecule has 1 aromatic carbocycles. The van der Waals surface area contributed by atoms with Crippen molar-refractivity contribution in [3.8, 4) is 0 Å². The molecule has 98 valence electrons. The van der Waals surface area contributed by atoms with Gasteiger partial charge in [-0.15, -0.1) is 0 Å². The highest BCUT2D eigenvalue weighted by atomic mass is 16.5. The summed E-state index contributed by atoms with van der Waals surface area (Å²) in [5.74, 6) is 0. The van der Waals surface area contributed by atoms with Crippen molar-refractivity contribution in [3.63, 3.8) is 0 Å². The van der Waals surface area contributed by atoms with Crippen molar-refractivity contribution in [1.82, 2.24) is 5.32 Å². The van der Waals surface area contributed by atoms with Crippen LogP contribution >= 0.6 is 0 Å². The van der Waals surface area contributed by atoms with Gasteiger partial charge in [0.25, 0.3) is 0 Å². The Morgan fingerprint density at radius 1 is 1.17 bits per heavy atom. The molecule has 1 saturated heterocycles. The van der Waals surface area contributed by atoms with Crippen molar-refractivity contribution in [2.45, 2.75) is 45.2 Å². The van der Waals surface area contributed by atoms with E-state index in [1.807, 2.05) is 0 Å². The summed E-state index contributed by atoms with van der Waals surface area (Å²) in [5, 5.41) is 3.88. The van der Waals surface area contributed by atoms with Crippen molar-refractivity contribution in [2.75, 3.05) is 13.2 Å². The first kappa shape index (κ1) is 12.2. The van der Waals surface area contributed by atoms with Crippen LogP contribution in [-0.4, -0.2) is 19.3 Å². The van der Waals surface area contributed by atoms with Crippen LogP contribution in [0.15, 0.2) is 24.3 Å². The third-order valence-electron chi connectivity index (χ3n) is 4.42. The topological polar surface area (TPSA) is 21.3 Å². The molecule has 1 unspecified atom stereocenters. The molecular formula is C16H23NO. The van der Waals surface area contributed by atoms with Crippen LogP contribution in [0.3, 0.4) is 0 Å². The molecule has 0 spiro atoms. The Morgan fingerprint density at radius 3 is 2.67 bits per heavy atom. The van der Waals surface area contributed by atoms with Crippen LogP contribution in [0.25, 0.3) is 0 Å². The van der Waals surface area contributed by atoms with Gasteiger partial charge in [0.1, 0.15) is 0 Å². The molecule has 1 fully saturated rings. The Balaban J connectivity index is 1.81. The zero-order valence-corrected chi connectivity index (χ0v) is 11.4. The quantitative estimate of drug-likeness (QED) is 0.864. The molecule has 1 atom stereocenters. The van der Waals surface area contributed by atoms with Crippen LogP contribution in [-0.2, 0) is 11.2 Å². The first-order chi connectivity index (χ1) is 8.67. The van der Waals surface area contributed by atoms with Gasteiger partial charge in [-0.3, -0.25) is 0 Å². The minimum absolute atomic E-state index is 0.321. The van der Waals surface area contributed by atoms with Gasteiger partial charge in [0.15, 0.2) is 0 Å².